The van der Waals surface area contributed by atoms with E-state index < -0.39 is 0 Å². The van der Waals surface area contributed by atoms with Crippen LogP contribution in [0.25, 0.3) is 6.08 Å². The third-order valence-corrected chi connectivity index (χ3v) is 6.04. The maximum absolute atomic E-state index is 10.3. The molecular weight excluding hydrogens is 453 g/mol. The number of aliphatic imine (C=N–C) groups is 1. The molecule has 4 aromatic rings. The third kappa shape index (κ3) is 4.03. The summed E-state index contributed by atoms with van der Waals surface area (Å²) in [5, 5.41) is 16.5. The minimum absolute atomic E-state index is 0.0830. The van der Waals surface area contributed by atoms with E-state index in [1.807, 2.05) is 36.4 Å². The zero-order valence-electron chi connectivity index (χ0n) is 15.8. The maximum Gasteiger partial charge on any atom is 0.231 e. The van der Waals surface area contributed by atoms with E-state index in [0.29, 0.717) is 31.6 Å². The van der Waals surface area contributed by atoms with E-state index in [9.17, 15) is 5.11 Å². The molecule has 0 radical (unpaired) electrons. The first-order valence-corrected chi connectivity index (χ1v) is 10.7. The lowest BCUT2D eigenvalue weighted by atomic mass is 10.2. The standard InChI is InChI=1S/C22H13Cl2N5OS/c23-14-4-1-5-15(24)19(14)28-22-29-21(30)18(31-22)10-12-6-7-16-17(9-12)27-20(26-16)13-3-2-8-25-11-13/h1-11,30H,(H,28,29)/b12-10+. The Morgan fingerprint density at radius 3 is 2.61 bits per heavy atom. The van der Waals surface area contributed by atoms with E-state index in [4.69, 9.17) is 23.2 Å². The summed E-state index contributed by atoms with van der Waals surface area (Å²) in [7, 11) is 0. The topological polar surface area (TPSA) is 82.8 Å². The van der Waals surface area contributed by atoms with Crippen molar-refractivity contribution in [3.05, 3.63) is 92.0 Å². The molecule has 152 valence electrons. The Hall–Kier alpha value is -3.26. The van der Waals surface area contributed by atoms with Crippen LogP contribution in [0.5, 0.6) is 5.88 Å². The van der Waals surface area contributed by atoms with Crippen molar-refractivity contribution in [1.29, 1.82) is 0 Å². The predicted molar refractivity (Wildman–Crippen MR) is 125 cm³/mol. The van der Waals surface area contributed by atoms with Gasteiger partial charge in [-0.2, -0.15) is 4.98 Å². The Kier molecular flexibility index (Phi) is 5.15. The second kappa shape index (κ2) is 8.11. The fraction of sp³-hybridized carbons (Fsp3) is 0. The number of hydrogen-bond donors (Lipinski definition) is 2. The van der Waals surface area contributed by atoms with Crippen LogP contribution in [0.2, 0.25) is 10.0 Å². The number of para-hydroxylation sites is 1. The van der Waals surface area contributed by atoms with Gasteiger partial charge in [0.05, 0.1) is 31.7 Å². The van der Waals surface area contributed by atoms with Gasteiger partial charge in [-0.25, -0.2) is 9.98 Å². The summed E-state index contributed by atoms with van der Waals surface area (Å²) < 4.78 is 0. The Morgan fingerprint density at radius 2 is 1.84 bits per heavy atom. The molecule has 0 unspecified atom stereocenters. The van der Waals surface area contributed by atoms with Gasteiger partial charge in [-0.3, -0.25) is 4.98 Å². The highest BCUT2D eigenvalue weighted by molar-refractivity contribution is 7.16. The molecule has 0 amide bonds. The fourth-order valence-electron chi connectivity index (χ4n) is 3.04. The van der Waals surface area contributed by atoms with E-state index in [-0.39, 0.29) is 5.88 Å². The van der Waals surface area contributed by atoms with Gasteiger partial charge in [0.2, 0.25) is 5.88 Å². The third-order valence-electron chi connectivity index (χ3n) is 4.50. The number of aromatic nitrogens is 2. The Labute approximate surface area is 190 Å². The maximum atomic E-state index is 10.3. The second-order valence-corrected chi connectivity index (χ2v) is 8.45. The summed E-state index contributed by atoms with van der Waals surface area (Å²) in [6, 6.07) is 14.7. The average molecular weight is 466 g/mol. The molecule has 0 saturated carbocycles. The molecule has 2 N–H and O–H groups in total. The SMILES string of the molecule is Oc1nc(Nc2c(Cl)cccc2Cl)sc1/C=c1\ccc2c(c1)N=C(c1cccnc1)N=2. The summed E-state index contributed by atoms with van der Waals surface area (Å²) in [5.74, 6) is 0.546. The zero-order valence-corrected chi connectivity index (χ0v) is 18.1. The Morgan fingerprint density at radius 1 is 1.00 bits per heavy atom. The van der Waals surface area contributed by atoms with Crippen LogP contribution in [0.1, 0.15) is 10.4 Å². The van der Waals surface area contributed by atoms with Gasteiger partial charge in [0.15, 0.2) is 11.0 Å². The summed E-state index contributed by atoms with van der Waals surface area (Å²) in [6.45, 7) is 0. The van der Waals surface area contributed by atoms with Gasteiger partial charge in [-0.1, -0.05) is 46.7 Å². The van der Waals surface area contributed by atoms with Crippen molar-refractivity contribution in [2.45, 2.75) is 0 Å². The highest BCUT2D eigenvalue weighted by Gasteiger charge is 2.13. The molecule has 0 spiro atoms. The van der Waals surface area contributed by atoms with Crippen LogP contribution in [-0.4, -0.2) is 20.9 Å². The molecule has 5 rings (SSSR count). The number of hydrogen-bond acceptors (Lipinski definition) is 7. The van der Waals surface area contributed by atoms with Gasteiger partial charge in [0, 0.05) is 18.0 Å². The Bertz CT molecular complexity index is 1430. The van der Waals surface area contributed by atoms with Crippen LogP contribution in [0.4, 0.5) is 16.5 Å². The van der Waals surface area contributed by atoms with Crippen LogP contribution < -0.4 is 15.9 Å². The first-order valence-electron chi connectivity index (χ1n) is 9.17. The number of anilines is 2. The van der Waals surface area contributed by atoms with Crippen molar-refractivity contribution in [2.75, 3.05) is 5.32 Å². The normalized spacial score (nSPS) is 13.0. The van der Waals surface area contributed by atoms with Crippen molar-refractivity contribution in [2.24, 2.45) is 9.98 Å². The molecular formula is C22H13Cl2N5OS. The highest BCUT2D eigenvalue weighted by Crippen LogP contribution is 2.36. The quantitative estimate of drug-likeness (QED) is 0.451. The van der Waals surface area contributed by atoms with Gasteiger partial charge >= 0.3 is 0 Å². The summed E-state index contributed by atoms with van der Waals surface area (Å²) in [5.41, 5.74) is 2.17. The molecule has 0 fully saturated rings. The molecule has 1 aliphatic heterocycles. The molecule has 1 aliphatic rings. The molecule has 0 bridgehead atoms. The summed E-state index contributed by atoms with van der Waals surface area (Å²) in [6.07, 6.45) is 5.28. The smallest absolute Gasteiger partial charge is 0.231 e. The van der Waals surface area contributed by atoms with E-state index in [1.54, 1.807) is 30.6 Å². The number of nitrogens with one attached hydrogen (secondary N) is 1. The van der Waals surface area contributed by atoms with E-state index >= 15 is 0 Å². The first kappa shape index (κ1) is 19.7. The molecule has 2 aromatic carbocycles. The van der Waals surface area contributed by atoms with Gasteiger partial charge in [0.25, 0.3) is 0 Å². The van der Waals surface area contributed by atoms with Crippen molar-refractivity contribution < 1.29 is 5.11 Å². The predicted octanol–water partition coefficient (Wildman–Crippen LogP) is 4.83. The minimum Gasteiger partial charge on any atom is -0.492 e. The molecule has 9 heteroatoms. The van der Waals surface area contributed by atoms with Gasteiger partial charge in [-0.15, -0.1) is 0 Å². The summed E-state index contributed by atoms with van der Waals surface area (Å²) in [4.78, 5) is 18.0. The van der Waals surface area contributed by atoms with Gasteiger partial charge in [-0.05, 0) is 47.7 Å². The van der Waals surface area contributed by atoms with Crippen LogP contribution >= 0.6 is 34.5 Å². The Balaban J connectivity index is 1.46. The fourth-order valence-corrected chi connectivity index (χ4v) is 4.36. The first-order chi connectivity index (χ1) is 15.1. The monoisotopic (exact) mass is 465 g/mol. The van der Waals surface area contributed by atoms with E-state index in [2.05, 4.69) is 25.3 Å². The number of pyridine rings is 1. The molecule has 0 atom stereocenters. The molecule has 31 heavy (non-hydrogen) atoms. The number of fused-ring (bicyclic) bond motifs is 1. The number of thiazole rings is 1. The lowest BCUT2D eigenvalue weighted by Crippen LogP contribution is -2.07. The number of aromatic hydroxyl groups is 1. The number of rotatable bonds is 4. The summed E-state index contributed by atoms with van der Waals surface area (Å²) >= 11 is 13.7. The van der Waals surface area contributed by atoms with E-state index in [1.165, 1.54) is 11.3 Å². The van der Waals surface area contributed by atoms with Crippen LogP contribution in [0, 0.1) is 0 Å². The van der Waals surface area contributed by atoms with Crippen molar-refractivity contribution in [3.8, 4) is 5.88 Å². The highest BCUT2D eigenvalue weighted by atomic mass is 35.5. The number of halogens is 2. The molecule has 0 saturated heterocycles. The van der Waals surface area contributed by atoms with Crippen molar-refractivity contribution >= 4 is 63.0 Å². The number of nitrogens with zero attached hydrogens (tertiary/aromatic N) is 4. The lowest BCUT2D eigenvalue weighted by molar-refractivity contribution is 0.457. The van der Waals surface area contributed by atoms with E-state index in [0.717, 1.165) is 21.8 Å². The van der Waals surface area contributed by atoms with Crippen molar-refractivity contribution in [1.82, 2.24) is 9.97 Å². The zero-order chi connectivity index (χ0) is 21.4. The van der Waals surface area contributed by atoms with Gasteiger partial charge < -0.3 is 10.4 Å². The van der Waals surface area contributed by atoms with Crippen LogP contribution in [-0.2, 0) is 0 Å². The average Bonchev–Trinajstić information content (AvgIpc) is 3.34. The lowest BCUT2D eigenvalue weighted by Gasteiger charge is -2.06. The van der Waals surface area contributed by atoms with Crippen LogP contribution in [0.3, 0.4) is 0 Å². The molecule has 2 aromatic heterocycles. The van der Waals surface area contributed by atoms with Crippen molar-refractivity contribution in [3.63, 3.8) is 0 Å². The molecule has 0 aliphatic carbocycles. The molecule has 6 nitrogen and oxygen atoms in total. The van der Waals surface area contributed by atoms with Crippen LogP contribution in [0.15, 0.2) is 70.9 Å². The number of benzene rings is 2. The van der Waals surface area contributed by atoms with Gasteiger partial charge in [0.1, 0.15) is 0 Å². The second-order valence-electron chi connectivity index (χ2n) is 6.61. The molecule has 3 heterocycles. The number of amidine groups is 1. The largest absolute Gasteiger partial charge is 0.492 e. The minimum atomic E-state index is -0.0830.